The lowest BCUT2D eigenvalue weighted by atomic mass is 10.1. The van der Waals surface area contributed by atoms with Crippen LogP contribution in [0.15, 0.2) is 42.5 Å². The van der Waals surface area contributed by atoms with Gasteiger partial charge in [-0.05, 0) is 24.3 Å². The Kier molecular flexibility index (Phi) is 6.68. The summed E-state index contributed by atoms with van der Waals surface area (Å²) in [5.41, 5.74) is 0.550. The zero-order chi connectivity index (χ0) is 20.0. The molecule has 0 bridgehead atoms. The Morgan fingerprint density at radius 3 is 2.30 bits per heavy atom. The number of halogens is 3. The van der Waals surface area contributed by atoms with Crippen LogP contribution < -0.4 is 19.7 Å². The van der Waals surface area contributed by atoms with E-state index in [0.717, 1.165) is 22.6 Å². The van der Waals surface area contributed by atoms with Gasteiger partial charge in [-0.2, -0.15) is 13.2 Å². The summed E-state index contributed by atoms with van der Waals surface area (Å²) in [4.78, 5) is 13.1. The van der Waals surface area contributed by atoms with E-state index in [-0.39, 0.29) is 12.5 Å². The maximum Gasteiger partial charge on any atom is 0.416 e. The smallest absolute Gasteiger partial charge is 0.416 e. The van der Waals surface area contributed by atoms with Crippen LogP contribution in [0.1, 0.15) is 11.1 Å². The molecule has 146 valence electrons. The SMILES string of the molecule is COc1ccc(NC(=O)C[NH+](C)Cc2ccc(C(F)(F)F)cc2)c(OC)c1. The van der Waals surface area contributed by atoms with E-state index in [1.54, 1.807) is 25.2 Å². The average molecular weight is 383 g/mol. The lowest BCUT2D eigenvalue weighted by Gasteiger charge is -2.16. The van der Waals surface area contributed by atoms with Crippen LogP contribution >= 0.6 is 0 Å². The van der Waals surface area contributed by atoms with Gasteiger partial charge in [0.25, 0.3) is 5.91 Å². The van der Waals surface area contributed by atoms with Crippen molar-refractivity contribution in [1.82, 2.24) is 0 Å². The highest BCUT2D eigenvalue weighted by Gasteiger charge is 2.30. The lowest BCUT2D eigenvalue weighted by molar-refractivity contribution is -0.885. The second-order valence-electron chi connectivity index (χ2n) is 6.12. The van der Waals surface area contributed by atoms with Crippen molar-refractivity contribution in [2.24, 2.45) is 0 Å². The summed E-state index contributed by atoms with van der Waals surface area (Å²) in [6.07, 6.45) is -4.35. The summed E-state index contributed by atoms with van der Waals surface area (Å²) in [7, 11) is 4.82. The molecule has 2 N–H and O–H groups in total. The fourth-order valence-electron chi connectivity index (χ4n) is 2.59. The first-order chi connectivity index (χ1) is 12.7. The van der Waals surface area contributed by atoms with Gasteiger partial charge in [0, 0.05) is 11.6 Å². The Bertz CT molecular complexity index is 777. The van der Waals surface area contributed by atoms with E-state index in [1.165, 1.54) is 26.4 Å². The lowest BCUT2D eigenvalue weighted by Crippen LogP contribution is -3.08. The van der Waals surface area contributed by atoms with E-state index in [0.29, 0.717) is 23.7 Å². The van der Waals surface area contributed by atoms with Crippen molar-refractivity contribution in [3.8, 4) is 11.5 Å². The first-order valence-electron chi connectivity index (χ1n) is 8.22. The van der Waals surface area contributed by atoms with E-state index in [9.17, 15) is 18.0 Å². The number of carbonyl (C=O) groups excluding carboxylic acids is 1. The van der Waals surface area contributed by atoms with Gasteiger partial charge in [0.05, 0.1) is 32.5 Å². The number of amides is 1. The minimum atomic E-state index is -4.35. The molecule has 1 atom stereocenters. The third kappa shape index (κ3) is 5.89. The normalized spacial score (nSPS) is 12.4. The molecule has 2 aromatic carbocycles. The van der Waals surface area contributed by atoms with E-state index < -0.39 is 11.7 Å². The molecule has 1 amide bonds. The highest BCUT2D eigenvalue weighted by atomic mass is 19.4. The van der Waals surface area contributed by atoms with Crippen LogP contribution in [0.25, 0.3) is 0 Å². The molecule has 0 saturated carbocycles. The quantitative estimate of drug-likeness (QED) is 0.772. The van der Waals surface area contributed by atoms with Gasteiger partial charge in [-0.1, -0.05) is 12.1 Å². The molecule has 0 fully saturated rings. The first-order valence-corrected chi connectivity index (χ1v) is 8.22. The zero-order valence-electron chi connectivity index (χ0n) is 15.3. The molecule has 2 aromatic rings. The minimum absolute atomic E-state index is 0.149. The Labute approximate surface area is 155 Å². The first kappa shape index (κ1) is 20.6. The Hall–Kier alpha value is -2.74. The summed E-state index contributed by atoms with van der Waals surface area (Å²) in [6, 6.07) is 10.00. The Balaban J connectivity index is 1.94. The maximum atomic E-state index is 12.6. The van der Waals surface area contributed by atoms with Crippen LogP contribution in [-0.2, 0) is 17.5 Å². The molecule has 5 nitrogen and oxygen atoms in total. The topological polar surface area (TPSA) is 52.0 Å². The number of quaternary nitrogens is 1. The van der Waals surface area contributed by atoms with Crippen LogP contribution in [0.3, 0.4) is 0 Å². The molecule has 0 aliphatic heterocycles. The number of ether oxygens (including phenoxy) is 2. The molecule has 0 radical (unpaired) electrons. The van der Waals surface area contributed by atoms with Gasteiger partial charge in [0.1, 0.15) is 18.0 Å². The third-order valence-electron chi connectivity index (χ3n) is 3.93. The van der Waals surface area contributed by atoms with Crippen molar-refractivity contribution in [2.75, 3.05) is 33.1 Å². The number of anilines is 1. The summed E-state index contributed by atoms with van der Waals surface area (Å²) >= 11 is 0. The number of hydrogen-bond donors (Lipinski definition) is 2. The van der Waals surface area contributed by atoms with Crippen molar-refractivity contribution in [1.29, 1.82) is 0 Å². The van der Waals surface area contributed by atoms with Crippen molar-refractivity contribution < 1.29 is 32.3 Å². The van der Waals surface area contributed by atoms with E-state index >= 15 is 0 Å². The summed E-state index contributed by atoms with van der Waals surface area (Å²) in [5.74, 6) is 0.848. The predicted molar refractivity (Wildman–Crippen MR) is 95.1 cm³/mol. The number of alkyl halides is 3. The molecular weight excluding hydrogens is 361 g/mol. The molecule has 0 heterocycles. The monoisotopic (exact) mass is 383 g/mol. The number of benzene rings is 2. The number of nitrogens with one attached hydrogen (secondary N) is 2. The molecule has 0 spiro atoms. The second kappa shape index (κ2) is 8.77. The van der Waals surface area contributed by atoms with Crippen molar-refractivity contribution >= 4 is 11.6 Å². The summed E-state index contributed by atoms with van der Waals surface area (Å²) in [5, 5.41) is 2.77. The van der Waals surface area contributed by atoms with E-state index in [2.05, 4.69) is 5.32 Å². The Morgan fingerprint density at radius 1 is 1.07 bits per heavy atom. The number of likely N-dealkylation sites (N-methyl/N-ethyl adjacent to an activating group) is 1. The van der Waals surface area contributed by atoms with Crippen LogP contribution in [0.2, 0.25) is 0 Å². The van der Waals surface area contributed by atoms with Crippen molar-refractivity contribution in [2.45, 2.75) is 12.7 Å². The second-order valence-corrected chi connectivity index (χ2v) is 6.12. The fourth-order valence-corrected chi connectivity index (χ4v) is 2.59. The number of methoxy groups -OCH3 is 2. The van der Waals surface area contributed by atoms with Crippen molar-refractivity contribution in [3.63, 3.8) is 0 Å². The summed E-state index contributed by atoms with van der Waals surface area (Å²) < 4.78 is 48.1. The molecule has 2 rings (SSSR count). The molecule has 0 saturated heterocycles. The molecule has 1 unspecified atom stereocenters. The molecule has 8 heteroatoms. The molecule has 0 aliphatic rings. The molecule has 0 aromatic heterocycles. The van der Waals surface area contributed by atoms with Gasteiger partial charge in [-0.25, -0.2) is 0 Å². The molecular formula is C19H22F3N2O3+. The predicted octanol–water partition coefficient (Wildman–Crippen LogP) is 2.38. The highest BCUT2D eigenvalue weighted by molar-refractivity contribution is 5.93. The van der Waals surface area contributed by atoms with Crippen LogP contribution in [-0.4, -0.2) is 33.7 Å². The largest absolute Gasteiger partial charge is 0.497 e. The van der Waals surface area contributed by atoms with Gasteiger partial charge < -0.3 is 19.7 Å². The molecule has 0 aliphatic carbocycles. The number of carbonyl (C=O) groups is 1. The van der Waals surface area contributed by atoms with E-state index in [4.69, 9.17) is 9.47 Å². The van der Waals surface area contributed by atoms with Gasteiger partial charge in [0.15, 0.2) is 6.54 Å². The highest BCUT2D eigenvalue weighted by Crippen LogP contribution is 2.29. The zero-order valence-corrected chi connectivity index (χ0v) is 15.3. The standard InChI is InChI=1S/C19H21F3N2O3/c1-24(11-13-4-6-14(7-5-13)19(20,21)22)12-18(25)23-16-9-8-15(26-2)10-17(16)27-3/h4-10H,11-12H2,1-3H3,(H,23,25)/p+1. The summed E-state index contributed by atoms with van der Waals surface area (Å²) in [6.45, 7) is 0.571. The van der Waals surface area contributed by atoms with Crippen LogP contribution in [0, 0.1) is 0 Å². The average Bonchev–Trinajstić information content (AvgIpc) is 2.61. The third-order valence-corrected chi connectivity index (χ3v) is 3.93. The van der Waals surface area contributed by atoms with Crippen LogP contribution in [0.5, 0.6) is 11.5 Å². The van der Waals surface area contributed by atoms with Gasteiger partial charge in [0.2, 0.25) is 0 Å². The van der Waals surface area contributed by atoms with Gasteiger partial charge in [-0.15, -0.1) is 0 Å². The van der Waals surface area contributed by atoms with E-state index in [1.807, 2.05) is 0 Å². The Morgan fingerprint density at radius 2 is 1.74 bits per heavy atom. The number of rotatable bonds is 7. The number of hydrogen-bond acceptors (Lipinski definition) is 3. The molecule has 27 heavy (non-hydrogen) atoms. The minimum Gasteiger partial charge on any atom is -0.497 e. The fraction of sp³-hybridized carbons (Fsp3) is 0.316. The van der Waals surface area contributed by atoms with Crippen LogP contribution in [0.4, 0.5) is 18.9 Å². The van der Waals surface area contributed by atoms with Gasteiger partial charge in [-0.3, -0.25) is 4.79 Å². The van der Waals surface area contributed by atoms with Crippen molar-refractivity contribution in [3.05, 3.63) is 53.6 Å². The van der Waals surface area contributed by atoms with Gasteiger partial charge >= 0.3 is 6.18 Å². The maximum absolute atomic E-state index is 12.6.